The molecule has 9 heterocycles. The van der Waals surface area contributed by atoms with Crippen LogP contribution in [0.4, 0.5) is 11.4 Å². The topological polar surface area (TPSA) is 215 Å². The van der Waals surface area contributed by atoms with Gasteiger partial charge in [-0.3, -0.25) is 19.4 Å². The van der Waals surface area contributed by atoms with Gasteiger partial charge in [-0.25, -0.2) is 19.7 Å². The Morgan fingerprint density at radius 2 is 1.18 bits per heavy atom. The molecule has 0 aliphatic carbocycles. The summed E-state index contributed by atoms with van der Waals surface area (Å²) in [7, 11) is 8.90. The van der Waals surface area contributed by atoms with Crippen LogP contribution in [-0.4, -0.2) is 116 Å². The monoisotopic (exact) mass is 2140 g/mol. The van der Waals surface area contributed by atoms with E-state index in [1.54, 1.807) is 62.7 Å². The van der Waals surface area contributed by atoms with Gasteiger partial charge in [0.15, 0.2) is 40.0 Å². The van der Waals surface area contributed by atoms with Gasteiger partial charge in [0, 0.05) is 122 Å². The third-order valence-electron chi connectivity index (χ3n) is 25.7. The number of nitrogens with one attached hydrogen (secondary N) is 1. The molecule has 0 spiro atoms. The number of benzene rings is 12. The molecule has 12 aromatic carbocycles. The number of hydrogen-bond donors (Lipinski definition) is 1. The minimum absolute atomic E-state index is 0.0112. The minimum atomic E-state index is -0.485. The maximum atomic E-state index is 13.2. The average Bonchev–Trinajstić information content (AvgIpc) is 1.70. The number of thiazole rings is 1. The normalized spacial score (nSPS) is 12.5. The van der Waals surface area contributed by atoms with Crippen molar-refractivity contribution in [2.24, 2.45) is 0 Å². The van der Waals surface area contributed by atoms with E-state index in [0.29, 0.717) is 108 Å². The Hall–Kier alpha value is -13.6. The Morgan fingerprint density at radius 1 is 0.554 bits per heavy atom. The van der Waals surface area contributed by atoms with Gasteiger partial charge in [-0.1, -0.05) is 198 Å². The first-order chi connectivity index (χ1) is 71.6. The predicted octanol–water partition coefficient (Wildman–Crippen LogP) is 30.2. The van der Waals surface area contributed by atoms with E-state index in [9.17, 15) is 19.2 Å². The Labute approximate surface area is 902 Å². The number of rotatable bonds is 23. The van der Waals surface area contributed by atoms with E-state index in [1.165, 1.54) is 89.9 Å². The summed E-state index contributed by atoms with van der Waals surface area (Å²) in [5, 5.41) is 12.1. The van der Waals surface area contributed by atoms with E-state index < -0.39 is 5.97 Å². The van der Waals surface area contributed by atoms with Gasteiger partial charge in [-0.15, -0.1) is 45.3 Å². The molecule has 6 aromatic heterocycles. The third-order valence-corrected chi connectivity index (χ3v) is 32.9. The molecule has 758 valence electrons. The maximum absolute atomic E-state index is 13.2. The van der Waals surface area contributed by atoms with Gasteiger partial charge in [0.1, 0.15) is 55.9 Å². The highest BCUT2D eigenvalue weighted by atomic mass is 35.5. The highest BCUT2D eigenvalue weighted by Gasteiger charge is 2.32. The third kappa shape index (κ3) is 25.7. The van der Waals surface area contributed by atoms with Crippen molar-refractivity contribution < 1.29 is 57.1 Å². The molecule has 1 atom stereocenters. The first kappa shape index (κ1) is 107. The number of carbonyl (C=O) groups excluding carboxylic acids is 4. The summed E-state index contributed by atoms with van der Waals surface area (Å²) in [5.74, 6) is 6.09. The summed E-state index contributed by atoms with van der Waals surface area (Å²) in [4.78, 5) is 76.5. The van der Waals surface area contributed by atoms with Crippen LogP contribution in [0.25, 0.3) is 52.4 Å². The van der Waals surface area contributed by atoms with Crippen LogP contribution in [0, 0.1) is 48.5 Å². The van der Waals surface area contributed by atoms with Crippen molar-refractivity contribution in [1.29, 1.82) is 0 Å². The SMILES string of the molecule is CC(C)N(Cc1ccc(N(C)C)cc1)C(=O)c1sc2ccccc2c1Cl.COc1ccc(CCNC(=O)c2sc3ccccc3c2Cl)cc1OC.COc1ccc2c(c1)CCCN2C(=O)c1sc2ccccc2c1Cl.Cc1cc(OCc2c(C)c(C)c(C)c(C)c2C)c2c(Cl)ccc(C)c2n1.O=C(Oc1ccccc1)c1csc(C2COc3ccccc3O2)n1.c1ccc(CSc2nccc(-c3ccc4c(c3)CCO4)n2)cc1. The number of fused-ring (bicyclic) bond motifs is 7. The maximum Gasteiger partial charge on any atom is 0.363 e. The molecule has 20 nitrogen and oxygen atoms in total. The summed E-state index contributed by atoms with van der Waals surface area (Å²) in [5.41, 5.74) is 21.2. The van der Waals surface area contributed by atoms with Crippen LogP contribution in [0.15, 0.2) is 278 Å². The number of aromatic nitrogens is 4. The number of para-hydroxylation sites is 3. The molecular weight excluding hydrogens is 2040 g/mol. The fraction of sp³-hybridized carbons (Fsp3) is 0.227. The van der Waals surface area contributed by atoms with Crippen molar-refractivity contribution in [3.8, 4) is 57.3 Å². The second kappa shape index (κ2) is 50.0. The van der Waals surface area contributed by atoms with E-state index in [4.69, 9.17) is 89.3 Å². The van der Waals surface area contributed by atoms with Crippen LogP contribution in [-0.2, 0) is 38.2 Å². The lowest BCUT2D eigenvalue weighted by molar-refractivity contribution is 0.0693. The zero-order valence-corrected chi connectivity index (χ0v) is 91.6. The highest BCUT2D eigenvalue weighted by Crippen LogP contribution is 2.45. The number of anilines is 2. The van der Waals surface area contributed by atoms with Gasteiger partial charge in [-0.2, -0.15) is 0 Å². The van der Waals surface area contributed by atoms with Crippen molar-refractivity contribution in [1.82, 2.24) is 30.2 Å². The van der Waals surface area contributed by atoms with Crippen molar-refractivity contribution in [2.45, 2.75) is 124 Å². The van der Waals surface area contributed by atoms with Crippen molar-refractivity contribution in [2.75, 3.05) is 71.5 Å². The van der Waals surface area contributed by atoms with Gasteiger partial charge in [0.2, 0.25) is 0 Å². The number of amides is 3. The molecule has 0 saturated carbocycles. The van der Waals surface area contributed by atoms with Crippen molar-refractivity contribution in [3.63, 3.8) is 0 Å². The fourth-order valence-corrected chi connectivity index (χ4v) is 23.4. The summed E-state index contributed by atoms with van der Waals surface area (Å²) >= 11 is 33.2. The molecule has 1 N–H and O–H groups in total. The van der Waals surface area contributed by atoms with Crippen LogP contribution in [0.3, 0.4) is 0 Å². The van der Waals surface area contributed by atoms with Crippen LogP contribution in [0.5, 0.6) is 46.0 Å². The van der Waals surface area contributed by atoms with Crippen LogP contribution in [0.2, 0.25) is 20.1 Å². The smallest absolute Gasteiger partial charge is 0.363 e. The van der Waals surface area contributed by atoms with Crippen molar-refractivity contribution >= 4 is 180 Å². The Balaban J connectivity index is 0.000000127. The van der Waals surface area contributed by atoms with E-state index in [-0.39, 0.29) is 35.6 Å². The minimum Gasteiger partial charge on any atom is -0.497 e. The summed E-state index contributed by atoms with van der Waals surface area (Å²) < 4.78 is 47.7. The number of hydrogen-bond acceptors (Lipinski definition) is 22. The molecule has 3 aliphatic rings. The van der Waals surface area contributed by atoms with E-state index in [1.807, 2.05) is 227 Å². The summed E-state index contributed by atoms with van der Waals surface area (Å²) in [6.45, 7) is 22.5. The van der Waals surface area contributed by atoms with E-state index in [2.05, 4.69) is 127 Å². The molecule has 3 amide bonds. The molecule has 29 heteroatoms. The van der Waals surface area contributed by atoms with Crippen LogP contribution >= 0.6 is 104 Å². The summed E-state index contributed by atoms with van der Waals surface area (Å²) in [6.07, 6.45) is 5.06. The molecular formula is C119H112Cl4N8O12S5. The Bertz CT molecular complexity index is 7790. The van der Waals surface area contributed by atoms with Gasteiger partial charge in [0.25, 0.3) is 17.7 Å². The second-order valence-electron chi connectivity index (χ2n) is 35.9. The van der Waals surface area contributed by atoms with Crippen LogP contribution in [0.1, 0.15) is 143 Å². The number of carbonyl (C=O) groups is 4. The lowest BCUT2D eigenvalue weighted by atomic mass is 9.90. The highest BCUT2D eigenvalue weighted by molar-refractivity contribution is 7.98. The molecule has 0 radical (unpaired) electrons. The van der Waals surface area contributed by atoms with Crippen LogP contribution < -0.4 is 53.0 Å². The zero-order chi connectivity index (χ0) is 104. The second-order valence-corrected chi connectivity index (χ2v) is 42.4. The van der Waals surface area contributed by atoms with E-state index >= 15 is 0 Å². The molecule has 0 saturated heterocycles. The Morgan fingerprint density at radius 3 is 1.84 bits per heavy atom. The molecule has 0 bridgehead atoms. The number of thioether (sulfide) groups is 1. The molecule has 1 unspecified atom stereocenters. The van der Waals surface area contributed by atoms with Gasteiger partial charge >= 0.3 is 5.97 Å². The van der Waals surface area contributed by atoms with Gasteiger partial charge in [-0.05, 0) is 264 Å². The lowest BCUT2D eigenvalue weighted by Gasteiger charge is -2.29. The quantitative estimate of drug-likeness (QED) is 0.0273. The first-order valence-corrected chi connectivity index (χ1v) is 54.1. The predicted molar refractivity (Wildman–Crippen MR) is 607 cm³/mol. The number of pyridine rings is 1. The number of thiophene rings is 3. The first-order valence-electron chi connectivity index (χ1n) is 48.3. The summed E-state index contributed by atoms with van der Waals surface area (Å²) in [6, 6.07) is 84.4. The molecule has 148 heavy (non-hydrogen) atoms. The number of halogens is 4. The lowest BCUT2D eigenvalue weighted by Crippen LogP contribution is -2.36. The number of esters is 1. The van der Waals surface area contributed by atoms with Gasteiger partial charge in [0.05, 0.1) is 64.6 Å². The number of ether oxygens (including phenoxy) is 8. The molecule has 3 aliphatic heterocycles. The zero-order valence-electron chi connectivity index (χ0n) is 84.5. The number of aryl methyl sites for hydroxylation is 3. The average molecular weight is 2150 g/mol. The standard InChI is InChI=1S/C23H26ClNO.C21H23ClN2OS.C19H18ClNO3S.C19H16ClNO2S.C19H16N2OS.C18H13NO4S/c1-12-8-9-20(24)22-21(10-13(2)25-23(12)22)26-11-19-17(6)15(4)14(3)16(5)18(19)7;1-14(2)24(13-15-9-11-16(12-10-15)23(3)4)21(25)20-19(22)17-7-5-6-8-18(17)26-20;1-23-14-8-7-12(11-15(14)24-2)9-10-21-19(22)18-17(20)13-5-3-4-6-16(13)25-18;1-23-13-8-9-15-12(11-13)5-4-10-21(15)19(22)18-17(20)14-6-2-3-7-16(14)24-18;1-2-4-14(5-3-1)13-23-19-20-10-8-17(21-19)15-6-7-18-16(12-15)9-11-22-18;20-18(22-12-6-2-1-3-7-12)13-11-24-17(19-13)16-10-21-14-8-4-5-9-15(14)23-16/h8-10H,11H2,1-7H3;5-12,14H,13H2,1-4H3;3-8,11H,9-10H2,1-2H3,(H,21,22);2-3,6-9,11H,4-5,10H2,1H3;1-8,10,12H,9,11,13H2;1-9,11,16H,10H2. The molecule has 21 rings (SSSR count). The van der Waals surface area contributed by atoms with E-state index in [0.717, 1.165) is 146 Å². The largest absolute Gasteiger partial charge is 0.497 e. The Kier molecular flexibility index (Phi) is 36.2. The fourth-order valence-electron chi connectivity index (χ4n) is 17.2. The molecule has 18 aromatic rings. The van der Waals surface area contributed by atoms with Crippen molar-refractivity contribution in [3.05, 3.63) is 390 Å². The number of nitrogens with zero attached hydrogens (tertiary/aromatic N) is 7. The molecule has 0 fully saturated rings. The van der Waals surface area contributed by atoms with Gasteiger partial charge < -0.3 is 57.9 Å². The number of methoxy groups -OCH3 is 3.